The zero-order valence-corrected chi connectivity index (χ0v) is 16.5. The standard InChI is InChI=1S/C22H21BN4O3/c1-14(28)27-23(30)21-4-2-3-18(20(21)13-26-27)19(11-24)22(29)10-15-5-6-17-12-25-8-7-16(17)9-15/h2-9,12-13,19,30H,10-11,24H2,1H3. The number of carbonyl (C=O) groups excluding carboxylic acids is 2. The molecule has 1 unspecified atom stereocenters. The van der Waals surface area contributed by atoms with Crippen molar-refractivity contribution in [3.63, 3.8) is 0 Å². The number of hydrogen-bond donors (Lipinski definition) is 2. The SMILES string of the molecule is CC(=O)N1N=Cc2c(cccc2C(CN)C(=O)Cc2ccc3cnccc3c2)B1O. The number of ketones is 1. The predicted octanol–water partition coefficient (Wildman–Crippen LogP) is 0.972. The predicted molar refractivity (Wildman–Crippen MR) is 116 cm³/mol. The molecule has 2 heterocycles. The maximum Gasteiger partial charge on any atom is 0.474 e. The van der Waals surface area contributed by atoms with Crippen LogP contribution in [0.3, 0.4) is 0 Å². The summed E-state index contributed by atoms with van der Waals surface area (Å²) in [7, 11) is -1.19. The van der Waals surface area contributed by atoms with Crippen molar-refractivity contribution in [2.75, 3.05) is 6.54 Å². The van der Waals surface area contributed by atoms with Gasteiger partial charge in [0, 0.05) is 37.7 Å². The highest BCUT2D eigenvalue weighted by molar-refractivity contribution is 6.67. The lowest BCUT2D eigenvalue weighted by Gasteiger charge is -2.27. The first kappa shape index (κ1) is 19.9. The van der Waals surface area contributed by atoms with E-state index in [0.717, 1.165) is 21.3 Å². The van der Waals surface area contributed by atoms with Gasteiger partial charge >= 0.3 is 7.05 Å². The van der Waals surface area contributed by atoms with E-state index in [1.54, 1.807) is 24.5 Å². The van der Waals surface area contributed by atoms with Crippen molar-refractivity contribution in [1.29, 1.82) is 0 Å². The quantitative estimate of drug-likeness (QED) is 0.621. The summed E-state index contributed by atoms with van der Waals surface area (Å²) in [5.41, 5.74) is 8.76. The number of rotatable bonds is 5. The van der Waals surface area contributed by atoms with Gasteiger partial charge in [0.05, 0.1) is 12.1 Å². The van der Waals surface area contributed by atoms with Gasteiger partial charge in [0.25, 0.3) is 0 Å². The summed E-state index contributed by atoms with van der Waals surface area (Å²) in [6.07, 6.45) is 5.26. The number of nitrogens with zero attached hydrogens (tertiary/aromatic N) is 3. The van der Waals surface area contributed by atoms with Crippen LogP contribution in [0.25, 0.3) is 10.8 Å². The molecule has 0 saturated carbocycles. The van der Waals surface area contributed by atoms with Crippen LogP contribution in [-0.4, -0.2) is 46.4 Å². The summed E-state index contributed by atoms with van der Waals surface area (Å²) in [5.74, 6) is -0.931. The second kappa shape index (κ2) is 8.18. The normalized spacial score (nSPS) is 14.0. The van der Waals surface area contributed by atoms with E-state index in [4.69, 9.17) is 5.73 Å². The van der Waals surface area contributed by atoms with E-state index in [1.807, 2.05) is 30.3 Å². The van der Waals surface area contributed by atoms with Crippen molar-refractivity contribution >= 4 is 41.2 Å². The van der Waals surface area contributed by atoms with Crippen LogP contribution in [0.4, 0.5) is 0 Å². The molecular weight excluding hydrogens is 379 g/mol. The zero-order valence-electron chi connectivity index (χ0n) is 16.5. The summed E-state index contributed by atoms with van der Waals surface area (Å²) in [6, 6.07) is 13.1. The maximum atomic E-state index is 13.2. The lowest BCUT2D eigenvalue weighted by molar-refractivity contribution is -0.125. The van der Waals surface area contributed by atoms with Gasteiger partial charge in [-0.25, -0.2) is 4.92 Å². The number of hydrogen-bond acceptors (Lipinski definition) is 6. The molecule has 3 aromatic rings. The fourth-order valence-corrected chi connectivity index (χ4v) is 3.85. The Morgan fingerprint density at radius 3 is 2.80 bits per heavy atom. The fraction of sp³-hybridized carbons (Fsp3) is 0.182. The summed E-state index contributed by atoms with van der Waals surface area (Å²) < 4.78 is 0. The zero-order chi connectivity index (χ0) is 21.3. The number of amides is 1. The Labute approximate surface area is 174 Å². The number of pyridine rings is 1. The minimum Gasteiger partial charge on any atom is -0.427 e. The van der Waals surface area contributed by atoms with Gasteiger partial charge in [-0.15, -0.1) is 0 Å². The van der Waals surface area contributed by atoms with Crippen LogP contribution in [0.1, 0.15) is 29.5 Å². The van der Waals surface area contributed by atoms with Crippen molar-refractivity contribution in [2.45, 2.75) is 19.3 Å². The van der Waals surface area contributed by atoms with E-state index in [0.29, 0.717) is 16.6 Å². The summed E-state index contributed by atoms with van der Waals surface area (Å²) in [6.45, 7) is 1.47. The Bertz CT molecular complexity index is 1160. The fourth-order valence-electron chi connectivity index (χ4n) is 3.85. The molecule has 3 N–H and O–H groups in total. The van der Waals surface area contributed by atoms with Crippen LogP contribution in [0.2, 0.25) is 0 Å². The van der Waals surface area contributed by atoms with Gasteiger partial charge in [0.15, 0.2) is 0 Å². The van der Waals surface area contributed by atoms with Gasteiger partial charge in [0.1, 0.15) is 5.78 Å². The molecule has 150 valence electrons. The van der Waals surface area contributed by atoms with Gasteiger partial charge < -0.3 is 10.8 Å². The second-order valence-corrected chi connectivity index (χ2v) is 7.32. The number of aromatic nitrogens is 1. The van der Waals surface area contributed by atoms with Crippen LogP contribution in [0.5, 0.6) is 0 Å². The third-order valence-corrected chi connectivity index (χ3v) is 5.40. The highest BCUT2D eigenvalue weighted by atomic mass is 16.2. The van der Waals surface area contributed by atoms with Crippen molar-refractivity contribution < 1.29 is 14.6 Å². The molecule has 7 nitrogen and oxygen atoms in total. The lowest BCUT2D eigenvalue weighted by atomic mass is 9.67. The highest BCUT2D eigenvalue weighted by Gasteiger charge is 2.34. The van der Waals surface area contributed by atoms with E-state index < -0.39 is 13.0 Å². The van der Waals surface area contributed by atoms with Crippen molar-refractivity contribution in [3.8, 4) is 0 Å². The van der Waals surface area contributed by atoms with Crippen molar-refractivity contribution in [2.24, 2.45) is 10.8 Å². The van der Waals surface area contributed by atoms with Crippen LogP contribution in [-0.2, 0) is 16.0 Å². The molecule has 1 aliphatic heterocycles. The smallest absolute Gasteiger partial charge is 0.427 e. The molecule has 0 saturated heterocycles. The molecule has 0 spiro atoms. The Morgan fingerprint density at radius 2 is 2.03 bits per heavy atom. The van der Waals surface area contributed by atoms with Gasteiger partial charge in [-0.3, -0.25) is 14.6 Å². The molecule has 0 bridgehead atoms. The van der Waals surface area contributed by atoms with Crippen molar-refractivity contribution in [1.82, 2.24) is 9.90 Å². The van der Waals surface area contributed by atoms with Crippen LogP contribution in [0, 0.1) is 0 Å². The molecule has 4 rings (SSSR count). The first-order valence-electron chi connectivity index (χ1n) is 9.69. The number of Topliss-reactive ketones (excluding diaryl/α,β-unsaturated/α-hetero) is 1. The molecule has 2 aromatic carbocycles. The lowest BCUT2D eigenvalue weighted by Crippen LogP contribution is -2.52. The monoisotopic (exact) mass is 400 g/mol. The third-order valence-electron chi connectivity index (χ3n) is 5.40. The van der Waals surface area contributed by atoms with Gasteiger partial charge in [-0.05, 0) is 33.6 Å². The average molecular weight is 400 g/mol. The van der Waals surface area contributed by atoms with E-state index in [-0.39, 0.29) is 24.7 Å². The second-order valence-electron chi connectivity index (χ2n) is 7.32. The molecular formula is C22H21BN4O3. The minimum atomic E-state index is -1.19. The summed E-state index contributed by atoms with van der Waals surface area (Å²) in [5, 5.41) is 16.6. The summed E-state index contributed by atoms with van der Waals surface area (Å²) >= 11 is 0. The Kier molecular flexibility index (Phi) is 5.43. The van der Waals surface area contributed by atoms with Gasteiger partial charge in [-0.1, -0.05) is 36.4 Å². The number of benzene rings is 2. The largest absolute Gasteiger partial charge is 0.474 e. The minimum absolute atomic E-state index is 0.0174. The number of nitrogens with two attached hydrogens (primary N) is 1. The van der Waals surface area contributed by atoms with E-state index in [1.165, 1.54) is 13.1 Å². The van der Waals surface area contributed by atoms with Crippen LogP contribution in [0.15, 0.2) is 60.0 Å². The molecule has 8 heteroatoms. The summed E-state index contributed by atoms with van der Waals surface area (Å²) in [4.78, 5) is 29.9. The molecule has 1 aromatic heterocycles. The topological polar surface area (TPSA) is 109 Å². The number of carbonyl (C=O) groups is 2. The van der Waals surface area contributed by atoms with Crippen LogP contribution < -0.4 is 11.2 Å². The number of fused-ring (bicyclic) bond motifs is 2. The van der Waals surface area contributed by atoms with E-state index in [2.05, 4.69) is 10.1 Å². The van der Waals surface area contributed by atoms with E-state index >= 15 is 0 Å². The van der Waals surface area contributed by atoms with Gasteiger partial charge in [0.2, 0.25) is 5.91 Å². The van der Waals surface area contributed by atoms with Gasteiger partial charge in [-0.2, -0.15) is 5.10 Å². The van der Waals surface area contributed by atoms with Crippen molar-refractivity contribution in [3.05, 3.63) is 71.5 Å². The third kappa shape index (κ3) is 3.63. The van der Waals surface area contributed by atoms with E-state index in [9.17, 15) is 14.6 Å². The molecule has 1 atom stereocenters. The highest BCUT2D eigenvalue weighted by Crippen LogP contribution is 2.23. The Morgan fingerprint density at radius 1 is 1.20 bits per heavy atom. The molecule has 30 heavy (non-hydrogen) atoms. The Hall–Kier alpha value is -3.36. The average Bonchev–Trinajstić information content (AvgIpc) is 2.74. The molecule has 0 radical (unpaired) electrons. The van der Waals surface area contributed by atoms with Crippen LogP contribution >= 0.6 is 0 Å². The molecule has 1 aliphatic rings. The first-order valence-corrected chi connectivity index (χ1v) is 9.69. The molecule has 1 amide bonds. The number of hydrazone groups is 1. The maximum absolute atomic E-state index is 13.2. The Balaban J connectivity index is 1.64. The molecule has 0 fully saturated rings. The first-order chi connectivity index (χ1) is 14.5. The molecule has 0 aliphatic carbocycles.